The van der Waals surface area contributed by atoms with Crippen LogP contribution in [0.25, 0.3) is 0 Å². The number of pyridine rings is 1. The highest BCUT2D eigenvalue weighted by atomic mass is 35.5. The molecule has 4 N–H and O–H groups in total. The molecule has 6 nitrogen and oxygen atoms in total. The van der Waals surface area contributed by atoms with Crippen molar-refractivity contribution in [2.24, 2.45) is 5.84 Å². The minimum atomic E-state index is -3.78. The van der Waals surface area contributed by atoms with Gasteiger partial charge in [0.25, 0.3) is 10.0 Å². The lowest BCUT2D eigenvalue weighted by molar-refractivity contribution is 0.565. The smallest absolute Gasteiger partial charge is 0.260 e. The van der Waals surface area contributed by atoms with Gasteiger partial charge in [-0.2, -0.15) is 0 Å². The number of anilines is 1. The summed E-state index contributed by atoms with van der Waals surface area (Å²) in [6.07, 6.45) is 1.39. The zero-order valence-corrected chi connectivity index (χ0v) is 12.9. The Hall–Kier alpha value is -1.19. The molecule has 0 radical (unpaired) electrons. The third-order valence-corrected chi connectivity index (χ3v) is 5.45. The summed E-state index contributed by atoms with van der Waals surface area (Å²) in [5, 5.41) is -0.142. The van der Waals surface area contributed by atoms with Gasteiger partial charge in [-0.1, -0.05) is 11.6 Å². The Bertz CT molecular complexity index is 702. The van der Waals surface area contributed by atoms with Crippen LogP contribution in [0.5, 0.6) is 0 Å². The summed E-state index contributed by atoms with van der Waals surface area (Å²) in [7, 11) is -3.78. The van der Waals surface area contributed by atoms with E-state index >= 15 is 0 Å². The van der Waals surface area contributed by atoms with Crippen molar-refractivity contribution in [3.63, 3.8) is 0 Å². The fraction of sp³-hybridized carbons (Fsp3) is 0.182. The first-order chi connectivity index (χ1) is 9.44. The highest BCUT2D eigenvalue weighted by Gasteiger charge is 2.23. The zero-order chi connectivity index (χ0) is 14.8. The van der Waals surface area contributed by atoms with Crippen LogP contribution in [0.2, 0.25) is 4.34 Å². The molecule has 0 bridgehead atoms. The lowest BCUT2D eigenvalue weighted by atomic mass is 10.3. The summed E-state index contributed by atoms with van der Waals surface area (Å²) in [6.45, 7) is 1.73. The number of halogens is 1. The van der Waals surface area contributed by atoms with Crippen LogP contribution in [-0.4, -0.2) is 13.4 Å². The molecule has 108 valence electrons. The van der Waals surface area contributed by atoms with Gasteiger partial charge in [-0.3, -0.25) is 5.84 Å². The first kappa shape index (κ1) is 15.2. The summed E-state index contributed by atoms with van der Waals surface area (Å²) in [4.78, 5) is 4.67. The molecule has 2 aromatic rings. The van der Waals surface area contributed by atoms with Gasteiger partial charge >= 0.3 is 0 Å². The maximum atomic E-state index is 12.3. The molecule has 0 amide bonds. The van der Waals surface area contributed by atoms with Gasteiger partial charge in [0.05, 0.1) is 16.1 Å². The fourth-order valence-electron chi connectivity index (χ4n) is 1.62. The number of nitrogens with two attached hydrogens (primary N) is 1. The average molecular weight is 333 g/mol. The van der Waals surface area contributed by atoms with Crippen molar-refractivity contribution in [1.29, 1.82) is 0 Å². The molecule has 1 atom stereocenters. The number of nitrogens with one attached hydrogen (secondary N) is 2. The molecule has 0 saturated carbocycles. The van der Waals surface area contributed by atoms with Crippen molar-refractivity contribution in [2.45, 2.75) is 18.0 Å². The van der Waals surface area contributed by atoms with Crippen molar-refractivity contribution < 1.29 is 8.42 Å². The molecular weight excluding hydrogens is 320 g/mol. The lowest BCUT2D eigenvalue weighted by Gasteiger charge is -2.14. The number of aromatic nitrogens is 1. The molecule has 1 unspecified atom stereocenters. The van der Waals surface area contributed by atoms with Crippen LogP contribution in [0.4, 0.5) is 5.69 Å². The summed E-state index contributed by atoms with van der Waals surface area (Å²) in [6, 6.07) is 6.22. The van der Waals surface area contributed by atoms with Gasteiger partial charge in [0, 0.05) is 11.1 Å². The van der Waals surface area contributed by atoms with Crippen LogP contribution in [0, 0.1) is 0 Å². The maximum Gasteiger partial charge on any atom is 0.260 e. The van der Waals surface area contributed by atoms with Gasteiger partial charge in [0.15, 0.2) is 5.03 Å². The van der Waals surface area contributed by atoms with Crippen LogP contribution >= 0.6 is 22.9 Å². The highest BCUT2D eigenvalue weighted by Crippen LogP contribution is 2.28. The first-order valence-corrected chi connectivity index (χ1v) is 8.31. The largest absolute Gasteiger partial charge is 0.321 e. The van der Waals surface area contributed by atoms with Crippen LogP contribution in [0.1, 0.15) is 17.8 Å². The summed E-state index contributed by atoms with van der Waals surface area (Å²) in [5.41, 5.74) is 2.55. The standard InChI is InChI=1S/C11H13ClN4O2S2/c1-7(9-4-5-10(12)19-9)16-20(17,18)11-8(15-13)3-2-6-14-11/h2-7,15-16H,13H2,1H3. The van der Waals surface area contributed by atoms with Crippen LogP contribution in [0.15, 0.2) is 35.5 Å². The van der Waals surface area contributed by atoms with E-state index in [4.69, 9.17) is 17.4 Å². The summed E-state index contributed by atoms with van der Waals surface area (Å²) < 4.78 is 27.8. The minimum absolute atomic E-state index is 0.142. The van der Waals surface area contributed by atoms with E-state index in [1.165, 1.54) is 23.6 Å². The molecule has 0 aliphatic heterocycles. The van der Waals surface area contributed by atoms with Crippen molar-refractivity contribution in [3.8, 4) is 0 Å². The fourth-order valence-corrected chi connectivity index (χ4v) is 4.08. The number of hydrogen-bond donors (Lipinski definition) is 3. The molecule has 20 heavy (non-hydrogen) atoms. The number of hydrogen-bond acceptors (Lipinski definition) is 6. The molecule has 0 aromatic carbocycles. The van der Waals surface area contributed by atoms with Gasteiger partial charge in [-0.25, -0.2) is 18.1 Å². The quantitative estimate of drug-likeness (QED) is 0.575. The molecule has 0 aliphatic carbocycles. The monoisotopic (exact) mass is 332 g/mol. The average Bonchev–Trinajstić information content (AvgIpc) is 2.85. The highest BCUT2D eigenvalue weighted by molar-refractivity contribution is 7.89. The van der Waals surface area contributed by atoms with Gasteiger partial charge in [0.1, 0.15) is 0 Å². The van der Waals surface area contributed by atoms with Crippen LogP contribution in [-0.2, 0) is 10.0 Å². The van der Waals surface area contributed by atoms with Crippen molar-refractivity contribution in [1.82, 2.24) is 9.71 Å². The molecule has 9 heteroatoms. The van der Waals surface area contributed by atoms with Gasteiger partial charge < -0.3 is 5.43 Å². The number of thiophene rings is 1. The van der Waals surface area contributed by atoms with E-state index < -0.39 is 16.1 Å². The predicted molar refractivity (Wildman–Crippen MR) is 80.1 cm³/mol. The Morgan fingerprint density at radius 2 is 2.15 bits per heavy atom. The second kappa shape index (κ2) is 6.06. The Morgan fingerprint density at radius 1 is 1.40 bits per heavy atom. The van der Waals surface area contributed by atoms with E-state index in [1.54, 1.807) is 25.1 Å². The third kappa shape index (κ3) is 3.28. The molecule has 0 fully saturated rings. The van der Waals surface area contributed by atoms with Crippen molar-refractivity contribution in [3.05, 3.63) is 39.7 Å². The van der Waals surface area contributed by atoms with E-state index in [0.29, 0.717) is 4.34 Å². The maximum absolute atomic E-state index is 12.3. The minimum Gasteiger partial charge on any atom is -0.321 e. The molecule has 2 heterocycles. The molecular formula is C11H13ClN4O2S2. The van der Waals surface area contributed by atoms with Gasteiger partial charge in [-0.05, 0) is 31.2 Å². The van der Waals surface area contributed by atoms with Gasteiger partial charge in [-0.15, -0.1) is 11.3 Å². The SMILES string of the molecule is CC(NS(=O)(=O)c1ncccc1NN)c1ccc(Cl)s1. The van der Waals surface area contributed by atoms with E-state index in [0.717, 1.165) is 4.88 Å². The van der Waals surface area contributed by atoms with Gasteiger partial charge in [0.2, 0.25) is 0 Å². The van der Waals surface area contributed by atoms with E-state index in [1.807, 2.05) is 0 Å². The van der Waals surface area contributed by atoms with Crippen LogP contribution in [0.3, 0.4) is 0 Å². The predicted octanol–water partition coefficient (Wildman–Crippen LogP) is 2.12. The Balaban J connectivity index is 2.27. The van der Waals surface area contributed by atoms with Crippen molar-refractivity contribution in [2.75, 3.05) is 5.43 Å². The van der Waals surface area contributed by atoms with Crippen molar-refractivity contribution >= 4 is 38.6 Å². The second-order valence-electron chi connectivity index (χ2n) is 3.99. The second-order valence-corrected chi connectivity index (χ2v) is 7.36. The number of sulfonamides is 1. The first-order valence-electron chi connectivity index (χ1n) is 5.63. The Kier molecular flexibility index (Phi) is 4.61. The summed E-state index contributed by atoms with van der Waals surface area (Å²) >= 11 is 7.16. The molecule has 0 aliphatic rings. The molecule has 0 saturated heterocycles. The normalized spacial score (nSPS) is 13.2. The number of nitrogens with zero attached hydrogens (tertiary/aromatic N) is 1. The molecule has 0 spiro atoms. The molecule has 2 rings (SSSR count). The lowest BCUT2D eigenvalue weighted by Crippen LogP contribution is -2.28. The zero-order valence-electron chi connectivity index (χ0n) is 10.5. The number of rotatable bonds is 5. The van der Waals surface area contributed by atoms with E-state index in [9.17, 15) is 8.42 Å². The number of hydrazine groups is 1. The topological polar surface area (TPSA) is 97.1 Å². The van der Waals surface area contributed by atoms with E-state index in [-0.39, 0.29) is 10.7 Å². The third-order valence-electron chi connectivity index (χ3n) is 2.53. The Labute approximate surface area is 126 Å². The van der Waals surface area contributed by atoms with Crippen LogP contribution < -0.4 is 16.0 Å². The summed E-state index contributed by atoms with van der Waals surface area (Å²) in [5.74, 6) is 5.29. The molecule has 2 aromatic heterocycles. The van der Waals surface area contributed by atoms with E-state index in [2.05, 4.69) is 15.1 Å². The number of nitrogen functional groups attached to an aromatic ring is 1. The Morgan fingerprint density at radius 3 is 2.75 bits per heavy atom.